The van der Waals surface area contributed by atoms with E-state index in [1.165, 1.54) is 27.2 Å². The van der Waals surface area contributed by atoms with Crippen LogP contribution < -0.4 is 10.6 Å². The van der Waals surface area contributed by atoms with E-state index < -0.39 is 0 Å². The van der Waals surface area contributed by atoms with Gasteiger partial charge in [0.15, 0.2) is 0 Å². The number of nitriles is 1. The number of hydrogen-bond donors (Lipinski definition) is 2. The van der Waals surface area contributed by atoms with E-state index in [0.717, 1.165) is 94.4 Å². The normalized spacial score (nSPS) is 14.9. The predicted molar refractivity (Wildman–Crippen MR) is 291 cm³/mol. The smallest absolute Gasteiger partial charge is 0.137 e. The number of furan rings is 1. The van der Waals surface area contributed by atoms with Crippen molar-refractivity contribution in [2.45, 2.75) is 12.2 Å². The van der Waals surface area contributed by atoms with Crippen LogP contribution in [-0.2, 0) is 0 Å². The highest BCUT2D eigenvalue weighted by atomic mass is 16.3. The van der Waals surface area contributed by atoms with E-state index in [0.29, 0.717) is 5.56 Å². The highest BCUT2D eigenvalue weighted by Gasteiger charge is 2.27. The third-order valence-electron chi connectivity index (χ3n) is 14.5. The topological polar surface area (TPSA) is 70.8 Å². The van der Waals surface area contributed by atoms with Gasteiger partial charge in [0.2, 0.25) is 0 Å². The zero-order valence-electron chi connectivity index (χ0n) is 38.4. The molecule has 0 radical (unpaired) electrons. The number of benzene rings is 10. The molecule has 4 heterocycles. The van der Waals surface area contributed by atoms with Crippen LogP contribution in [0.2, 0.25) is 0 Å². The second-order valence-electron chi connectivity index (χ2n) is 18.5. The molecule has 2 unspecified atom stereocenters. The third-order valence-corrected chi connectivity index (χ3v) is 14.5. The summed E-state index contributed by atoms with van der Waals surface area (Å²) in [5.74, 6) is 0. The van der Waals surface area contributed by atoms with Gasteiger partial charge in [0, 0.05) is 55.5 Å². The number of aromatic nitrogens is 2. The van der Waals surface area contributed by atoms with Gasteiger partial charge in [-0.3, -0.25) is 5.32 Å². The van der Waals surface area contributed by atoms with E-state index in [2.05, 4.69) is 238 Å². The van der Waals surface area contributed by atoms with Gasteiger partial charge in [-0.05, 0) is 118 Å². The maximum atomic E-state index is 9.34. The van der Waals surface area contributed by atoms with Crippen LogP contribution in [0.25, 0.3) is 105 Å². The average molecular weight is 910 g/mol. The predicted octanol–water partition coefficient (Wildman–Crippen LogP) is 16.0. The second kappa shape index (κ2) is 16.4. The van der Waals surface area contributed by atoms with E-state index in [1.54, 1.807) is 0 Å². The average Bonchev–Trinajstić information content (AvgIpc) is 4.10. The summed E-state index contributed by atoms with van der Waals surface area (Å²) in [5, 5.41) is 24.2. The molecule has 1 aliphatic heterocycles. The van der Waals surface area contributed by atoms with Gasteiger partial charge in [-0.25, -0.2) is 0 Å². The van der Waals surface area contributed by atoms with Gasteiger partial charge in [-0.2, -0.15) is 5.26 Å². The minimum absolute atomic E-state index is 0.155. The Balaban J connectivity index is 0.903. The SMILES string of the molecule is N#Cc1ccc(-c2ccc(C3=CC(c4cccc5oc6cc7c(cc6c45)c4cc(-c5ccc(-n6c8ccccc8c8ccccc86)cc5)ccc4n7-c4ccccc4)NC(c4ccccc4)N3)cc2)cc1. The van der Waals surface area contributed by atoms with Gasteiger partial charge >= 0.3 is 0 Å². The Labute approximate surface area is 409 Å². The molecule has 2 N–H and O–H groups in total. The summed E-state index contributed by atoms with van der Waals surface area (Å²) in [6.45, 7) is 0. The van der Waals surface area contributed by atoms with E-state index in [1.807, 2.05) is 24.3 Å². The van der Waals surface area contributed by atoms with Crippen molar-refractivity contribution in [2.75, 3.05) is 0 Å². The molecule has 334 valence electrons. The molecule has 0 bridgehead atoms. The molecule has 0 fully saturated rings. The first-order chi connectivity index (χ1) is 35.1. The zero-order valence-corrected chi connectivity index (χ0v) is 38.4. The molecule has 13 aromatic rings. The lowest BCUT2D eigenvalue weighted by molar-refractivity contribution is 0.444. The molecule has 0 aliphatic carbocycles. The highest BCUT2D eigenvalue weighted by molar-refractivity contribution is 6.18. The Kier molecular flexibility index (Phi) is 9.38. The van der Waals surface area contributed by atoms with Crippen molar-refractivity contribution in [3.63, 3.8) is 0 Å². The van der Waals surface area contributed by atoms with Crippen LogP contribution in [0, 0.1) is 11.3 Å². The summed E-state index contributed by atoms with van der Waals surface area (Å²) in [6.07, 6.45) is 2.15. The molecule has 10 aromatic carbocycles. The first-order valence-corrected chi connectivity index (χ1v) is 24.1. The molecule has 14 rings (SSSR count). The summed E-state index contributed by atoms with van der Waals surface area (Å²) in [5.41, 5.74) is 18.1. The first kappa shape index (κ1) is 40.6. The molecule has 2 atom stereocenters. The Hall–Kier alpha value is -9.41. The van der Waals surface area contributed by atoms with E-state index in [-0.39, 0.29) is 12.2 Å². The Morgan fingerprint density at radius 2 is 0.986 bits per heavy atom. The molecule has 71 heavy (non-hydrogen) atoms. The van der Waals surface area contributed by atoms with Crippen molar-refractivity contribution >= 4 is 71.2 Å². The van der Waals surface area contributed by atoms with E-state index in [4.69, 9.17) is 4.42 Å². The first-order valence-electron chi connectivity index (χ1n) is 24.1. The maximum absolute atomic E-state index is 9.34. The Morgan fingerprint density at radius 3 is 1.70 bits per heavy atom. The maximum Gasteiger partial charge on any atom is 0.137 e. The van der Waals surface area contributed by atoms with Crippen LogP contribution in [-0.4, -0.2) is 9.13 Å². The van der Waals surface area contributed by atoms with Gasteiger partial charge < -0.3 is 18.9 Å². The van der Waals surface area contributed by atoms with E-state index in [9.17, 15) is 5.26 Å². The Morgan fingerprint density at radius 1 is 0.423 bits per heavy atom. The summed E-state index contributed by atoms with van der Waals surface area (Å²) in [4.78, 5) is 0. The van der Waals surface area contributed by atoms with Crippen LogP contribution >= 0.6 is 0 Å². The Bertz CT molecular complexity index is 4220. The standard InChI is InChI=1S/C65H43N5O/c66-40-41-22-24-42(25-23-41)43-26-28-45(29-27-43)56-38-57(68-65(67-56)46-12-3-1-4-13-46)52-18-11-21-62-64(52)55-37-54-53-36-47(32-35-60(53)70(48-14-5-2-6-15-48)61(54)39-63(55)71-62)44-30-33-49(34-31-44)69-58-19-9-7-16-50(58)51-17-8-10-20-59(51)69/h1-39,57,65,67-68H. The van der Waals surface area contributed by atoms with Crippen molar-refractivity contribution in [3.8, 4) is 39.7 Å². The number of nitrogens with zero attached hydrogens (tertiary/aromatic N) is 3. The van der Waals surface area contributed by atoms with Crippen LogP contribution in [0.3, 0.4) is 0 Å². The lowest BCUT2D eigenvalue weighted by atomic mass is 9.94. The molecule has 1 aliphatic rings. The number of rotatable bonds is 7. The fourth-order valence-corrected chi connectivity index (χ4v) is 11.1. The largest absolute Gasteiger partial charge is 0.456 e. The lowest BCUT2D eigenvalue weighted by Gasteiger charge is -2.33. The third kappa shape index (κ3) is 6.75. The van der Waals surface area contributed by atoms with Crippen LogP contribution in [0.4, 0.5) is 0 Å². The minimum atomic E-state index is -0.155. The fraction of sp³-hybridized carbons (Fsp3) is 0.0308. The van der Waals surface area contributed by atoms with E-state index >= 15 is 0 Å². The van der Waals surface area contributed by atoms with Crippen molar-refractivity contribution in [3.05, 3.63) is 259 Å². The summed E-state index contributed by atoms with van der Waals surface area (Å²) < 4.78 is 11.6. The summed E-state index contributed by atoms with van der Waals surface area (Å²) in [6, 6.07) is 84.0. The van der Waals surface area contributed by atoms with Crippen molar-refractivity contribution in [2.24, 2.45) is 0 Å². The molecule has 0 saturated heterocycles. The number of nitrogens with one attached hydrogen (secondary N) is 2. The summed E-state index contributed by atoms with van der Waals surface area (Å²) >= 11 is 0. The molecule has 0 spiro atoms. The highest BCUT2D eigenvalue weighted by Crippen LogP contribution is 2.43. The van der Waals surface area contributed by atoms with Crippen LogP contribution in [0.1, 0.15) is 34.5 Å². The van der Waals surface area contributed by atoms with Crippen LogP contribution in [0.15, 0.2) is 241 Å². The van der Waals surface area contributed by atoms with Gasteiger partial charge in [-0.1, -0.05) is 152 Å². The number of para-hydroxylation sites is 3. The second-order valence-corrected chi connectivity index (χ2v) is 18.5. The fourth-order valence-electron chi connectivity index (χ4n) is 11.1. The molecule has 0 saturated carbocycles. The number of fused-ring (bicyclic) bond motifs is 9. The molecule has 6 heteroatoms. The van der Waals surface area contributed by atoms with Gasteiger partial charge in [0.05, 0.1) is 39.7 Å². The quantitative estimate of drug-likeness (QED) is 0.167. The molecule has 6 nitrogen and oxygen atoms in total. The van der Waals surface area contributed by atoms with Crippen molar-refractivity contribution in [1.82, 2.24) is 19.8 Å². The molecular weight excluding hydrogens is 867 g/mol. The monoisotopic (exact) mass is 909 g/mol. The van der Waals surface area contributed by atoms with Crippen molar-refractivity contribution < 1.29 is 4.42 Å². The number of hydrogen-bond acceptors (Lipinski definition) is 4. The van der Waals surface area contributed by atoms with Gasteiger partial charge in [0.25, 0.3) is 0 Å². The molecule has 3 aromatic heterocycles. The zero-order chi connectivity index (χ0) is 47.0. The summed E-state index contributed by atoms with van der Waals surface area (Å²) in [7, 11) is 0. The molecule has 0 amide bonds. The van der Waals surface area contributed by atoms with Gasteiger partial charge in [0.1, 0.15) is 17.3 Å². The lowest BCUT2D eigenvalue weighted by Crippen LogP contribution is -2.39. The molecular formula is C65H43N5O. The van der Waals surface area contributed by atoms with Crippen LogP contribution in [0.5, 0.6) is 0 Å². The van der Waals surface area contributed by atoms with Gasteiger partial charge in [-0.15, -0.1) is 0 Å². The minimum Gasteiger partial charge on any atom is -0.456 e. The van der Waals surface area contributed by atoms with Crippen molar-refractivity contribution in [1.29, 1.82) is 5.26 Å².